The van der Waals surface area contributed by atoms with E-state index in [1.165, 1.54) is 23.7 Å². The zero-order valence-corrected chi connectivity index (χ0v) is 16.1. The summed E-state index contributed by atoms with van der Waals surface area (Å²) in [7, 11) is 0. The van der Waals surface area contributed by atoms with E-state index in [9.17, 15) is 9.59 Å². The van der Waals surface area contributed by atoms with Gasteiger partial charge in [0.2, 0.25) is 11.8 Å². The number of nitrogens with one attached hydrogen (secondary N) is 2. The number of aromatic nitrogens is 1. The second-order valence-electron chi connectivity index (χ2n) is 7.34. The van der Waals surface area contributed by atoms with Gasteiger partial charge < -0.3 is 25.2 Å². The predicted octanol–water partition coefficient (Wildman–Crippen LogP) is 3.77. The number of amides is 2. The van der Waals surface area contributed by atoms with Gasteiger partial charge in [0.1, 0.15) is 11.8 Å². The number of fused-ring (bicyclic) bond motifs is 2. The van der Waals surface area contributed by atoms with Gasteiger partial charge in [0.15, 0.2) is 0 Å². The molecule has 0 radical (unpaired) electrons. The predicted molar refractivity (Wildman–Crippen MR) is 105 cm³/mol. The van der Waals surface area contributed by atoms with E-state index in [1.54, 1.807) is 19.1 Å². The zero-order chi connectivity index (χ0) is 20.4. The van der Waals surface area contributed by atoms with Gasteiger partial charge in [-0.2, -0.15) is 0 Å². The van der Waals surface area contributed by atoms with E-state index in [0.717, 1.165) is 12.8 Å². The number of benzene rings is 1. The first-order chi connectivity index (χ1) is 14.0. The van der Waals surface area contributed by atoms with Crippen LogP contribution in [-0.4, -0.2) is 28.1 Å². The smallest absolute Gasteiger partial charge is 0.405 e. The van der Waals surface area contributed by atoms with Crippen LogP contribution in [0.2, 0.25) is 0 Å². The number of carbonyl (C=O) groups excluding carboxylic acids is 1. The number of hydrogen-bond acceptors (Lipinski definition) is 5. The number of hydrogen-bond donors (Lipinski definition) is 3. The Morgan fingerprint density at radius 1 is 1.31 bits per heavy atom. The van der Waals surface area contributed by atoms with Gasteiger partial charge in [0.25, 0.3) is 0 Å². The number of anilines is 1. The highest BCUT2D eigenvalue weighted by Gasteiger charge is 2.45. The average molecular weight is 397 g/mol. The summed E-state index contributed by atoms with van der Waals surface area (Å²) in [5.41, 5.74) is 2.75. The van der Waals surface area contributed by atoms with Gasteiger partial charge in [-0.25, -0.2) is 9.78 Å². The zero-order valence-electron chi connectivity index (χ0n) is 16.1. The number of nitrogens with zero attached hydrogens (tertiary/aromatic N) is 1. The molecular formula is C21H23N3O5. The van der Waals surface area contributed by atoms with Crippen molar-refractivity contribution in [3.05, 3.63) is 47.7 Å². The maximum absolute atomic E-state index is 12.2. The van der Waals surface area contributed by atoms with Crippen LogP contribution in [0.1, 0.15) is 43.7 Å². The summed E-state index contributed by atoms with van der Waals surface area (Å²) >= 11 is 0. The second kappa shape index (κ2) is 7.71. The molecule has 8 heteroatoms. The number of rotatable bonds is 6. The summed E-state index contributed by atoms with van der Waals surface area (Å²) in [4.78, 5) is 27.1. The van der Waals surface area contributed by atoms with Gasteiger partial charge in [-0.3, -0.25) is 4.79 Å². The van der Waals surface area contributed by atoms with E-state index in [1.807, 2.05) is 18.2 Å². The lowest BCUT2D eigenvalue weighted by molar-refractivity contribution is -0.118. The van der Waals surface area contributed by atoms with Crippen molar-refractivity contribution in [1.82, 2.24) is 10.3 Å². The summed E-state index contributed by atoms with van der Waals surface area (Å²) in [6.07, 6.45) is 3.86. The first-order valence-corrected chi connectivity index (χ1v) is 9.71. The van der Waals surface area contributed by atoms with Gasteiger partial charge in [0, 0.05) is 6.07 Å². The van der Waals surface area contributed by atoms with Gasteiger partial charge in [-0.05, 0) is 55.0 Å². The molecular weight excluding hydrogens is 374 g/mol. The molecule has 2 amide bonds. The minimum Gasteiger partial charge on any atom is -0.465 e. The van der Waals surface area contributed by atoms with Gasteiger partial charge in [0.05, 0.1) is 24.1 Å². The molecule has 1 saturated carbocycles. The van der Waals surface area contributed by atoms with Crippen LogP contribution >= 0.6 is 0 Å². The first kappa shape index (κ1) is 19.2. The summed E-state index contributed by atoms with van der Waals surface area (Å²) in [5, 5.41) is 13.6. The van der Waals surface area contributed by atoms with Crippen LogP contribution in [0, 0.1) is 0 Å². The molecule has 8 nitrogen and oxygen atoms in total. The standard InChI is InChI=1S/C21H23N3O5/c1-2-17(24-20(26)27)19(25)23-14-5-7-18(22-11-14)29-15-6-4-13-12-28-21(8-3-9-21)16(13)10-15/h4-7,10-11,17,24H,2-3,8-9,12H2,1H3,(H,23,25)(H,26,27)/t17-/m1/s1. The van der Waals surface area contributed by atoms with E-state index in [-0.39, 0.29) is 5.60 Å². The molecule has 1 aromatic heterocycles. The Balaban J connectivity index is 1.41. The van der Waals surface area contributed by atoms with Gasteiger partial charge in [-0.1, -0.05) is 13.0 Å². The first-order valence-electron chi connectivity index (χ1n) is 9.71. The molecule has 1 aliphatic heterocycles. The third-order valence-electron chi connectivity index (χ3n) is 5.49. The molecule has 3 N–H and O–H groups in total. The summed E-state index contributed by atoms with van der Waals surface area (Å²) < 4.78 is 11.9. The third-order valence-corrected chi connectivity index (χ3v) is 5.49. The molecule has 0 bridgehead atoms. The van der Waals surface area contributed by atoms with Crippen LogP contribution in [0.5, 0.6) is 11.6 Å². The number of carbonyl (C=O) groups is 2. The fourth-order valence-electron chi connectivity index (χ4n) is 3.74. The minimum atomic E-state index is -1.24. The SMILES string of the molecule is CC[C@@H](NC(=O)O)C(=O)Nc1ccc(Oc2ccc3c(c2)C2(CCC2)OC3)nc1. The fourth-order valence-corrected chi connectivity index (χ4v) is 3.74. The highest BCUT2D eigenvalue weighted by atomic mass is 16.5. The van der Waals surface area contributed by atoms with Crippen LogP contribution in [0.15, 0.2) is 36.5 Å². The molecule has 1 fully saturated rings. The number of ether oxygens (including phenoxy) is 2. The fraction of sp³-hybridized carbons (Fsp3) is 0.381. The average Bonchev–Trinajstić information content (AvgIpc) is 3.07. The summed E-state index contributed by atoms with van der Waals surface area (Å²) in [5.74, 6) is 0.663. The van der Waals surface area contributed by atoms with Crippen molar-refractivity contribution in [1.29, 1.82) is 0 Å². The normalized spacial score (nSPS) is 17.1. The monoisotopic (exact) mass is 397 g/mol. The lowest BCUT2D eigenvalue weighted by Crippen LogP contribution is -2.42. The Hall–Kier alpha value is -3.13. The molecule has 0 unspecified atom stereocenters. The maximum atomic E-state index is 12.2. The van der Waals surface area contributed by atoms with Crippen molar-refractivity contribution in [3.63, 3.8) is 0 Å². The summed E-state index contributed by atoms with van der Waals surface area (Å²) in [6, 6.07) is 8.47. The quantitative estimate of drug-likeness (QED) is 0.684. The minimum absolute atomic E-state index is 0.129. The van der Waals surface area contributed by atoms with Crippen molar-refractivity contribution in [2.24, 2.45) is 0 Å². The Labute approximate surface area is 168 Å². The van der Waals surface area contributed by atoms with Crippen molar-refractivity contribution < 1.29 is 24.2 Å². The Bertz CT molecular complexity index is 924. The van der Waals surface area contributed by atoms with Crippen molar-refractivity contribution in [2.75, 3.05) is 5.32 Å². The highest BCUT2D eigenvalue weighted by Crippen LogP contribution is 2.51. The lowest BCUT2D eigenvalue weighted by atomic mass is 9.75. The molecule has 2 aromatic rings. The van der Waals surface area contributed by atoms with Crippen LogP contribution < -0.4 is 15.4 Å². The second-order valence-corrected chi connectivity index (χ2v) is 7.34. The van der Waals surface area contributed by atoms with Crippen molar-refractivity contribution in [3.8, 4) is 11.6 Å². The molecule has 1 aromatic carbocycles. The van der Waals surface area contributed by atoms with E-state index in [0.29, 0.717) is 30.3 Å². The Morgan fingerprint density at radius 3 is 2.76 bits per heavy atom. The van der Waals surface area contributed by atoms with Crippen molar-refractivity contribution in [2.45, 2.75) is 50.9 Å². The van der Waals surface area contributed by atoms with Crippen LogP contribution in [0.4, 0.5) is 10.5 Å². The Kier molecular flexibility index (Phi) is 5.10. The third kappa shape index (κ3) is 3.88. The highest BCUT2D eigenvalue weighted by molar-refractivity contribution is 5.96. The van der Waals surface area contributed by atoms with Crippen LogP contribution in [0.25, 0.3) is 0 Å². The van der Waals surface area contributed by atoms with E-state index < -0.39 is 18.0 Å². The van der Waals surface area contributed by atoms with Crippen molar-refractivity contribution >= 4 is 17.7 Å². The maximum Gasteiger partial charge on any atom is 0.405 e. The topological polar surface area (TPSA) is 110 Å². The van der Waals surface area contributed by atoms with E-state index in [2.05, 4.69) is 15.6 Å². The van der Waals surface area contributed by atoms with Gasteiger partial charge >= 0.3 is 6.09 Å². The molecule has 29 heavy (non-hydrogen) atoms. The Morgan fingerprint density at radius 2 is 2.14 bits per heavy atom. The van der Waals surface area contributed by atoms with E-state index >= 15 is 0 Å². The molecule has 1 atom stereocenters. The molecule has 1 aliphatic carbocycles. The molecule has 4 rings (SSSR count). The number of carboxylic acid groups (broad SMARTS) is 1. The van der Waals surface area contributed by atoms with E-state index in [4.69, 9.17) is 14.6 Å². The summed E-state index contributed by atoms with van der Waals surface area (Å²) in [6.45, 7) is 2.38. The molecule has 152 valence electrons. The molecule has 1 spiro atoms. The van der Waals surface area contributed by atoms with Gasteiger partial charge in [-0.15, -0.1) is 0 Å². The molecule has 2 aliphatic rings. The van der Waals surface area contributed by atoms with Crippen LogP contribution in [-0.2, 0) is 21.7 Å². The molecule has 2 heterocycles. The lowest BCUT2D eigenvalue weighted by Gasteiger charge is -2.38. The molecule has 0 saturated heterocycles. The van der Waals surface area contributed by atoms with Crippen LogP contribution in [0.3, 0.4) is 0 Å². The largest absolute Gasteiger partial charge is 0.465 e. The number of pyridine rings is 1.